The molecule has 1 heterocycles. The van der Waals surface area contributed by atoms with E-state index in [1.54, 1.807) is 6.08 Å². The van der Waals surface area contributed by atoms with E-state index in [0.29, 0.717) is 6.42 Å². The van der Waals surface area contributed by atoms with Gasteiger partial charge in [0.2, 0.25) is 0 Å². The van der Waals surface area contributed by atoms with Crippen LogP contribution in [0.4, 0.5) is 0 Å². The van der Waals surface area contributed by atoms with Gasteiger partial charge in [-0.2, -0.15) is 0 Å². The molecular weight excluding hydrogens is 276 g/mol. The van der Waals surface area contributed by atoms with E-state index in [9.17, 15) is 4.79 Å². The van der Waals surface area contributed by atoms with E-state index in [1.807, 2.05) is 24.4 Å². The molecule has 1 N–H and O–H groups in total. The Kier molecular flexibility index (Phi) is 5.95. The van der Waals surface area contributed by atoms with Gasteiger partial charge in [-0.25, -0.2) is 9.78 Å². The second-order valence-electron chi connectivity index (χ2n) is 5.27. The average Bonchev–Trinajstić information content (AvgIpc) is 2.87. The number of benzene rings is 1. The number of aromatic nitrogens is 2. The summed E-state index contributed by atoms with van der Waals surface area (Å²) < 4.78 is 2.26. The minimum Gasteiger partial charge on any atom is -0.478 e. The van der Waals surface area contributed by atoms with Crippen LogP contribution >= 0.6 is 0 Å². The number of hydrogen-bond acceptors (Lipinski definition) is 2. The summed E-state index contributed by atoms with van der Waals surface area (Å²) in [4.78, 5) is 15.0. The third-order valence-electron chi connectivity index (χ3n) is 3.51. The molecule has 0 unspecified atom stereocenters. The molecule has 2 aromatic rings. The molecule has 22 heavy (non-hydrogen) atoms. The molecular formula is C18H22N2O2. The lowest BCUT2D eigenvalue weighted by molar-refractivity contribution is -0.131. The van der Waals surface area contributed by atoms with E-state index < -0.39 is 5.97 Å². The van der Waals surface area contributed by atoms with Crippen molar-refractivity contribution in [2.24, 2.45) is 0 Å². The van der Waals surface area contributed by atoms with Crippen LogP contribution in [0.5, 0.6) is 0 Å². The minimum absolute atomic E-state index is 0.707. The minimum atomic E-state index is -0.899. The molecule has 1 aromatic heterocycles. The summed E-state index contributed by atoms with van der Waals surface area (Å²) in [5, 5.41) is 8.63. The number of aryl methyl sites for hydroxylation is 2. The van der Waals surface area contributed by atoms with Crippen molar-refractivity contribution in [3.8, 4) is 0 Å². The van der Waals surface area contributed by atoms with Crippen molar-refractivity contribution in [2.75, 3.05) is 0 Å². The first-order valence-corrected chi connectivity index (χ1v) is 7.67. The second-order valence-corrected chi connectivity index (χ2v) is 5.27. The number of carboxylic acid groups (broad SMARTS) is 1. The Morgan fingerprint density at radius 3 is 2.73 bits per heavy atom. The summed E-state index contributed by atoms with van der Waals surface area (Å²) in [7, 11) is 0. The van der Waals surface area contributed by atoms with E-state index in [-0.39, 0.29) is 0 Å². The lowest BCUT2D eigenvalue weighted by atomic mass is 10.2. The number of carboxylic acids is 1. The Morgan fingerprint density at radius 2 is 2.05 bits per heavy atom. The van der Waals surface area contributed by atoms with Gasteiger partial charge in [0, 0.05) is 30.9 Å². The smallest absolute Gasteiger partial charge is 0.327 e. The van der Waals surface area contributed by atoms with Crippen LogP contribution in [-0.4, -0.2) is 20.6 Å². The fraction of sp³-hybridized carbons (Fsp3) is 0.333. The van der Waals surface area contributed by atoms with Crippen molar-refractivity contribution in [1.29, 1.82) is 0 Å². The molecule has 0 radical (unpaired) electrons. The van der Waals surface area contributed by atoms with Crippen molar-refractivity contribution < 1.29 is 9.90 Å². The predicted molar refractivity (Wildman–Crippen MR) is 86.9 cm³/mol. The highest BCUT2D eigenvalue weighted by Crippen LogP contribution is 2.14. The van der Waals surface area contributed by atoms with Crippen molar-refractivity contribution in [1.82, 2.24) is 9.55 Å². The maximum absolute atomic E-state index is 10.5. The molecule has 0 bridgehead atoms. The van der Waals surface area contributed by atoms with Gasteiger partial charge in [-0.3, -0.25) is 0 Å². The molecule has 4 heteroatoms. The Bertz CT molecular complexity index is 630. The Labute approximate surface area is 131 Å². The summed E-state index contributed by atoms with van der Waals surface area (Å²) in [5.41, 5.74) is 2.41. The molecule has 0 amide bonds. The van der Waals surface area contributed by atoms with Crippen molar-refractivity contribution in [3.63, 3.8) is 0 Å². The molecule has 4 nitrogen and oxygen atoms in total. The highest BCUT2D eigenvalue weighted by Gasteiger charge is 2.09. The Morgan fingerprint density at radius 1 is 1.27 bits per heavy atom. The number of nitrogens with zero attached hydrogens (tertiary/aromatic N) is 2. The molecule has 0 saturated heterocycles. The fourth-order valence-corrected chi connectivity index (χ4v) is 2.45. The van der Waals surface area contributed by atoms with E-state index in [0.717, 1.165) is 37.3 Å². The summed E-state index contributed by atoms with van der Waals surface area (Å²) in [6, 6.07) is 10.3. The zero-order chi connectivity index (χ0) is 15.8. The van der Waals surface area contributed by atoms with Crippen LogP contribution in [0, 0.1) is 0 Å². The zero-order valence-corrected chi connectivity index (χ0v) is 12.9. The number of allylic oxidation sites excluding steroid dienone is 1. The summed E-state index contributed by atoms with van der Waals surface area (Å²) >= 11 is 0. The molecule has 0 spiro atoms. The highest BCUT2D eigenvalue weighted by atomic mass is 16.4. The SMILES string of the molecule is CCCc1ncc(CC/C=C/C(=O)O)n1Cc1ccccc1. The largest absolute Gasteiger partial charge is 0.478 e. The third-order valence-corrected chi connectivity index (χ3v) is 3.51. The Hall–Kier alpha value is -2.36. The molecule has 0 aliphatic carbocycles. The first-order chi connectivity index (χ1) is 10.7. The standard InChI is InChI=1S/C18H22N2O2/c1-2-8-17-19-13-16(11-6-7-12-18(21)22)20(17)14-15-9-4-3-5-10-15/h3-5,7,9-10,12-13H,2,6,8,11,14H2,1H3,(H,21,22)/b12-7+. The van der Waals surface area contributed by atoms with Gasteiger partial charge in [0.05, 0.1) is 0 Å². The van der Waals surface area contributed by atoms with Crippen LogP contribution in [0.15, 0.2) is 48.7 Å². The van der Waals surface area contributed by atoms with Gasteiger partial charge in [-0.1, -0.05) is 43.3 Å². The monoisotopic (exact) mass is 298 g/mol. The predicted octanol–water partition coefficient (Wildman–Crippen LogP) is 3.46. The summed E-state index contributed by atoms with van der Waals surface area (Å²) in [6.45, 7) is 2.96. The van der Waals surface area contributed by atoms with Crippen molar-refractivity contribution in [3.05, 3.63) is 65.8 Å². The quantitative estimate of drug-likeness (QED) is 0.759. The topological polar surface area (TPSA) is 55.1 Å². The zero-order valence-electron chi connectivity index (χ0n) is 12.9. The number of rotatable bonds is 8. The molecule has 0 fully saturated rings. The maximum Gasteiger partial charge on any atom is 0.327 e. The lowest BCUT2D eigenvalue weighted by Gasteiger charge is -2.11. The second kappa shape index (κ2) is 8.17. The van der Waals surface area contributed by atoms with E-state index in [4.69, 9.17) is 5.11 Å². The molecule has 116 valence electrons. The molecule has 0 aliphatic rings. The normalized spacial score (nSPS) is 11.1. The molecule has 2 rings (SSSR count). The number of hydrogen-bond donors (Lipinski definition) is 1. The first kappa shape index (κ1) is 16.0. The maximum atomic E-state index is 10.5. The molecule has 0 atom stereocenters. The van der Waals surface area contributed by atoms with Crippen LogP contribution in [0.25, 0.3) is 0 Å². The van der Waals surface area contributed by atoms with Gasteiger partial charge in [-0.05, 0) is 24.8 Å². The lowest BCUT2D eigenvalue weighted by Crippen LogP contribution is -2.08. The molecule has 0 aliphatic heterocycles. The van der Waals surface area contributed by atoms with Crippen LogP contribution < -0.4 is 0 Å². The van der Waals surface area contributed by atoms with Gasteiger partial charge in [0.1, 0.15) is 5.82 Å². The average molecular weight is 298 g/mol. The third kappa shape index (κ3) is 4.58. The van der Waals surface area contributed by atoms with Gasteiger partial charge in [0.25, 0.3) is 0 Å². The van der Waals surface area contributed by atoms with Gasteiger partial charge in [-0.15, -0.1) is 0 Å². The number of aliphatic carboxylic acids is 1. The number of imidazole rings is 1. The van der Waals surface area contributed by atoms with E-state index in [2.05, 4.69) is 28.6 Å². The summed E-state index contributed by atoms with van der Waals surface area (Å²) in [6.07, 6.45) is 8.34. The van der Waals surface area contributed by atoms with Gasteiger partial charge < -0.3 is 9.67 Å². The molecule has 1 aromatic carbocycles. The van der Waals surface area contributed by atoms with E-state index in [1.165, 1.54) is 11.6 Å². The Balaban J connectivity index is 2.13. The van der Waals surface area contributed by atoms with Gasteiger partial charge in [0.15, 0.2) is 0 Å². The van der Waals surface area contributed by atoms with Gasteiger partial charge >= 0.3 is 5.97 Å². The summed E-state index contributed by atoms with van der Waals surface area (Å²) in [5.74, 6) is 0.202. The van der Waals surface area contributed by atoms with Crippen molar-refractivity contribution in [2.45, 2.75) is 39.2 Å². The van der Waals surface area contributed by atoms with Crippen LogP contribution in [0.3, 0.4) is 0 Å². The van der Waals surface area contributed by atoms with E-state index >= 15 is 0 Å². The number of carbonyl (C=O) groups is 1. The fourth-order valence-electron chi connectivity index (χ4n) is 2.45. The van der Waals surface area contributed by atoms with Crippen molar-refractivity contribution >= 4 is 5.97 Å². The first-order valence-electron chi connectivity index (χ1n) is 7.67. The van der Waals surface area contributed by atoms with Crippen LogP contribution in [0.1, 0.15) is 36.8 Å². The highest BCUT2D eigenvalue weighted by molar-refractivity contribution is 5.79. The van der Waals surface area contributed by atoms with Crippen LogP contribution in [0.2, 0.25) is 0 Å². The molecule has 0 saturated carbocycles. The van der Waals surface area contributed by atoms with Crippen LogP contribution in [-0.2, 0) is 24.2 Å².